The van der Waals surface area contributed by atoms with E-state index in [4.69, 9.17) is 8.83 Å². The molecule has 0 fully saturated rings. The first-order chi connectivity index (χ1) is 19.5. The van der Waals surface area contributed by atoms with Gasteiger partial charge < -0.3 is 17.6 Å². The van der Waals surface area contributed by atoms with Crippen LogP contribution in [0.4, 0.5) is 0 Å². The van der Waals surface area contributed by atoms with E-state index in [9.17, 15) is 0 Å². The number of benzene rings is 5. The van der Waals surface area contributed by atoms with E-state index in [-0.39, 0.29) is 0 Å². The second-order valence-corrected chi connectivity index (χ2v) is 11.8. The Labute approximate surface area is 230 Å². The summed E-state index contributed by atoms with van der Waals surface area (Å²) >= 11 is 0. The normalized spacial score (nSPS) is 12.9. The zero-order valence-electron chi connectivity index (χ0n) is 22.9. The smallest absolute Gasteiger partial charge is 0.162 e. The Hall–Kier alpha value is -4.70. The van der Waals surface area contributed by atoms with E-state index in [1.807, 2.05) is 0 Å². The number of rotatable bonds is 2. The van der Waals surface area contributed by atoms with Crippen molar-refractivity contribution >= 4 is 77.0 Å². The Morgan fingerprint density at radius 2 is 0.925 bits per heavy atom. The highest BCUT2D eigenvalue weighted by Gasteiger charge is 2.27. The molecular weight excluding hydrogens is 492 g/mol. The summed E-state index contributed by atoms with van der Waals surface area (Å²) < 4.78 is 18.6. The van der Waals surface area contributed by atoms with Gasteiger partial charge in [-0.05, 0) is 71.5 Å². The fraction of sp³-hybridized carbons (Fsp3) is 0.167. The first kappa shape index (κ1) is 22.2. The van der Waals surface area contributed by atoms with Crippen LogP contribution in [0.25, 0.3) is 77.0 Å². The van der Waals surface area contributed by atoms with Crippen molar-refractivity contribution in [2.45, 2.75) is 39.5 Å². The van der Waals surface area contributed by atoms with Gasteiger partial charge in [0.25, 0.3) is 0 Å². The number of hydrogen-bond donors (Lipinski definition) is 0. The third-order valence-corrected chi connectivity index (χ3v) is 8.84. The van der Waals surface area contributed by atoms with Crippen molar-refractivity contribution in [2.75, 3.05) is 0 Å². The van der Waals surface area contributed by atoms with Crippen LogP contribution < -0.4 is 0 Å². The molecule has 0 aliphatic rings. The minimum atomic E-state index is 0.415. The van der Waals surface area contributed by atoms with Gasteiger partial charge in [0, 0.05) is 10.8 Å². The molecule has 0 atom stereocenters. The maximum Gasteiger partial charge on any atom is 0.162 e. The molecule has 9 rings (SSSR count). The van der Waals surface area contributed by atoms with Gasteiger partial charge in [0.2, 0.25) is 0 Å². The summed E-state index contributed by atoms with van der Waals surface area (Å²) in [6.07, 6.45) is 0. The standard InChI is InChI=1S/C36H28N2O2/c1-19(2)21-13-15-25-23(17-21)31-33-36(40-29-11-7-5-9-27(29)37(25)33)32-24-18-22(20(3)4)14-16-26(24)38-28-10-6-8-12-30(28)39-35(31)34(32)38/h5-20H,1-4H3. The van der Waals surface area contributed by atoms with Gasteiger partial charge in [-0.2, -0.15) is 0 Å². The Morgan fingerprint density at radius 3 is 1.35 bits per heavy atom. The maximum atomic E-state index is 6.91. The van der Waals surface area contributed by atoms with Crippen molar-refractivity contribution in [3.63, 3.8) is 0 Å². The van der Waals surface area contributed by atoms with Gasteiger partial charge in [-0.15, -0.1) is 0 Å². The molecule has 0 saturated heterocycles. The second kappa shape index (κ2) is 7.48. The number of hydrogen-bond acceptors (Lipinski definition) is 2. The van der Waals surface area contributed by atoms with Crippen LogP contribution in [0.3, 0.4) is 0 Å². The Morgan fingerprint density at radius 1 is 0.500 bits per heavy atom. The Bertz CT molecular complexity index is 2320. The van der Waals surface area contributed by atoms with Crippen molar-refractivity contribution < 1.29 is 8.83 Å². The lowest BCUT2D eigenvalue weighted by Crippen LogP contribution is -1.93. The predicted molar refractivity (Wildman–Crippen MR) is 166 cm³/mol. The van der Waals surface area contributed by atoms with Crippen LogP contribution in [0.5, 0.6) is 0 Å². The number of aromatic nitrogens is 2. The molecular formula is C36H28N2O2. The first-order valence-electron chi connectivity index (χ1n) is 14.2. The van der Waals surface area contributed by atoms with Gasteiger partial charge in [0.1, 0.15) is 11.0 Å². The van der Waals surface area contributed by atoms with E-state index < -0.39 is 0 Å². The summed E-state index contributed by atoms with van der Waals surface area (Å²) in [5, 5.41) is 4.60. The zero-order chi connectivity index (χ0) is 26.9. The van der Waals surface area contributed by atoms with Crippen LogP contribution in [0, 0.1) is 0 Å². The van der Waals surface area contributed by atoms with Gasteiger partial charge in [-0.1, -0.05) is 64.1 Å². The van der Waals surface area contributed by atoms with Crippen LogP contribution in [0.1, 0.15) is 50.7 Å². The van der Waals surface area contributed by atoms with E-state index in [0.29, 0.717) is 11.8 Å². The molecule has 4 aromatic heterocycles. The summed E-state index contributed by atoms with van der Waals surface area (Å²) in [6.45, 7) is 9.01. The van der Waals surface area contributed by atoms with E-state index >= 15 is 0 Å². The van der Waals surface area contributed by atoms with Crippen molar-refractivity contribution in [1.29, 1.82) is 0 Å². The molecule has 4 heteroatoms. The molecule has 9 aromatic rings. The number of nitrogens with zero attached hydrogens (tertiary/aromatic N) is 2. The molecule has 194 valence electrons. The van der Waals surface area contributed by atoms with Crippen molar-refractivity contribution in [1.82, 2.24) is 8.80 Å². The predicted octanol–water partition coefficient (Wildman–Crippen LogP) is 10.5. The SMILES string of the molecule is CC(C)c1ccc2c(c1)c1c3oc4ccccc4n4c5ccc(C(C)C)cc5c(c5oc6ccccc6n2c51)c34. The molecule has 4 nitrogen and oxygen atoms in total. The molecule has 0 amide bonds. The van der Waals surface area contributed by atoms with Crippen molar-refractivity contribution in [2.24, 2.45) is 0 Å². The minimum absolute atomic E-state index is 0.415. The lowest BCUT2D eigenvalue weighted by molar-refractivity contribution is 0.653. The minimum Gasteiger partial charge on any atom is -0.452 e. The Balaban J connectivity index is 1.70. The lowest BCUT2D eigenvalue weighted by Gasteiger charge is -2.11. The molecule has 5 aromatic carbocycles. The third-order valence-electron chi connectivity index (χ3n) is 8.84. The molecule has 4 heterocycles. The number of fused-ring (bicyclic) bond motifs is 12. The maximum absolute atomic E-state index is 6.91. The molecule has 0 spiro atoms. The zero-order valence-corrected chi connectivity index (χ0v) is 22.9. The fourth-order valence-corrected chi connectivity index (χ4v) is 6.84. The van der Waals surface area contributed by atoms with Gasteiger partial charge in [0.05, 0.1) is 32.8 Å². The average molecular weight is 521 g/mol. The average Bonchev–Trinajstić information content (AvgIpc) is 3.50. The van der Waals surface area contributed by atoms with Gasteiger partial charge in [0.15, 0.2) is 22.3 Å². The second-order valence-electron chi connectivity index (χ2n) is 11.8. The highest BCUT2D eigenvalue weighted by Crippen LogP contribution is 2.48. The topological polar surface area (TPSA) is 35.1 Å². The largest absolute Gasteiger partial charge is 0.452 e. The molecule has 0 radical (unpaired) electrons. The molecule has 0 saturated carbocycles. The van der Waals surface area contributed by atoms with Crippen LogP contribution in [0.2, 0.25) is 0 Å². The molecule has 40 heavy (non-hydrogen) atoms. The molecule has 0 unspecified atom stereocenters. The molecule has 0 aliphatic heterocycles. The molecule has 0 bridgehead atoms. The molecule has 0 N–H and O–H groups in total. The highest BCUT2D eigenvalue weighted by molar-refractivity contribution is 6.34. The Kier molecular flexibility index (Phi) is 4.14. The molecule has 0 aliphatic carbocycles. The summed E-state index contributed by atoms with van der Waals surface area (Å²) in [6, 6.07) is 30.5. The monoisotopic (exact) mass is 520 g/mol. The fourth-order valence-electron chi connectivity index (χ4n) is 6.84. The van der Waals surface area contributed by atoms with Gasteiger partial charge in [-0.25, -0.2) is 0 Å². The van der Waals surface area contributed by atoms with Crippen LogP contribution in [-0.2, 0) is 0 Å². The number of para-hydroxylation sites is 4. The summed E-state index contributed by atoms with van der Waals surface area (Å²) in [5.41, 5.74) is 12.8. The van der Waals surface area contributed by atoms with Gasteiger partial charge in [-0.3, -0.25) is 0 Å². The first-order valence-corrected chi connectivity index (χ1v) is 14.2. The van der Waals surface area contributed by atoms with E-state index in [0.717, 1.165) is 55.2 Å². The summed E-state index contributed by atoms with van der Waals surface area (Å²) in [5.74, 6) is 0.831. The van der Waals surface area contributed by atoms with Crippen LogP contribution in [-0.4, -0.2) is 8.80 Å². The highest BCUT2D eigenvalue weighted by atomic mass is 16.3. The van der Waals surface area contributed by atoms with Crippen molar-refractivity contribution in [3.8, 4) is 0 Å². The summed E-state index contributed by atoms with van der Waals surface area (Å²) in [7, 11) is 0. The van der Waals surface area contributed by atoms with Crippen LogP contribution >= 0.6 is 0 Å². The van der Waals surface area contributed by atoms with E-state index in [1.54, 1.807) is 0 Å². The van der Waals surface area contributed by atoms with Crippen molar-refractivity contribution in [3.05, 3.63) is 96.1 Å². The quantitative estimate of drug-likeness (QED) is 0.213. The van der Waals surface area contributed by atoms with E-state index in [1.165, 1.54) is 32.9 Å². The third kappa shape index (κ3) is 2.61. The van der Waals surface area contributed by atoms with Crippen LogP contribution in [0.15, 0.2) is 93.8 Å². The lowest BCUT2D eigenvalue weighted by atomic mass is 9.99. The van der Waals surface area contributed by atoms with Gasteiger partial charge >= 0.3 is 0 Å². The summed E-state index contributed by atoms with van der Waals surface area (Å²) in [4.78, 5) is 0. The van der Waals surface area contributed by atoms with E-state index in [2.05, 4.69) is 121 Å².